The van der Waals surface area contributed by atoms with Crippen LogP contribution in [0.2, 0.25) is 0 Å². The Labute approximate surface area is 125 Å². The summed E-state index contributed by atoms with van der Waals surface area (Å²) in [6.45, 7) is 6.35. The lowest BCUT2D eigenvalue weighted by Gasteiger charge is -2.33. The lowest BCUT2D eigenvalue weighted by atomic mass is 9.95. The van der Waals surface area contributed by atoms with Crippen molar-refractivity contribution in [1.29, 1.82) is 0 Å². The average molecular weight is 291 g/mol. The molecule has 1 aromatic heterocycles. The van der Waals surface area contributed by atoms with E-state index in [9.17, 15) is 4.79 Å². The fourth-order valence-electron chi connectivity index (χ4n) is 3.30. The number of nitrogens with one attached hydrogen (secondary N) is 2. The first-order chi connectivity index (χ1) is 10.3. The van der Waals surface area contributed by atoms with E-state index in [0.29, 0.717) is 12.5 Å². The molecule has 116 valence electrons. The molecule has 1 atom stereocenters. The standard InChI is InChI=1S/C15H25N5O/c21-15(12-19-8-2-5-16-7-10-19)20-9-1-3-13(11-20)14-4-6-17-18-14/h4,6,13,16H,1-3,5,7-12H2,(H,17,18). The number of carbonyl (C=O) groups is 1. The second-order valence-electron chi connectivity index (χ2n) is 6.07. The monoisotopic (exact) mass is 291 g/mol. The van der Waals surface area contributed by atoms with Gasteiger partial charge in [-0.1, -0.05) is 0 Å². The number of nitrogens with zero attached hydrogens (tertiary/aromatic N) is 3. The van der Waals surface area contributed by atoms with Gasteiger partial charge in [0.15, 0.2) is 0 Å². The average Bonchev–Trinajstić information content (AvgIpc) is 2.93. The van der Waals surface area contributed by atoms with Crippen LogP contribution in [0.3, 0.4) is 0 Å². The minimum absolute atomic E-state index is 0.279. The van der Waals surface area contributed by atoms with E-state index in [1.807, 2.05) is 11.0 Å². The van der Waals surface area contributed by atoms with Crippen molar-refractivity contribution in [3.8, 4) is 0 Å². The van der Waals surface area contributed by atoms with Crippen molar-refractivity contribution in [1.82, 2.24) is 25.3 Å². The van der Waals surface area contributed by atoms with Gasteiger partial charge in [0.1, 0.15) is 0 Å². The molecule has 3 rings (SSSR count). The molecule has 0 spiro atoms. The highest BCUT2D eigenvalue weighted by atomic mass is 16.2. The van der Waals surface area contributed by atoms with Gasteiger partial charge in [0.05, 0.1) is 6.54 Å². The molecular formula is C15H25N5O. The van der Waals surface area contributed by atoms with Gasteiger partial charge in [-0.15, -0.1) is 0 Å². The molecule has 0 aliphatic carbocycles. The number of rotatable bonds is 3. The first kappa shape index (κ1) is 14.5. The van der Waals surface area contributed by atoms with Crippen molar-refractivity contribution >= 4 is 5.91 Å². The van der Waals surface area contributed by atoms with Crippen molar-refractivity contribution < 1.29 is 4.79 Å². The summed E-state index contributed by atoms with van der Waals surface area (Å²) in [5.74, 6) is 0.692. The van der Waals surface area contributed by atoms with Gasteiger partial charge in [-0.05, 0) is 38.4 Å². The molecule has 0 radical (unpaired) electrons. The van der Waals surface area contributed by atoms with E-state index < -0.39 is 0 Å². The molecule has 2 aliphatic rings. The summed E-state index contributed by atoms with van der Waals surface area (Å²) in [4.78, 5) is 16.8. The van der Waals surface area contributed by atoms with Crippen molar-refractivity contribution in [3.05, 3.63) is 18.0 Å². The Kier molecular flexibility index (Phi) is 4.87. The predicted molar refractivity (Wildman–Crippen MR) is 81.1 cm³/mol. The van der Waals surface area contributed by atoms with E-state index in [1.54, 1.807) is 6.20 Å². The number of H-pyrrole nitrogens is 1. The van der Waals surface area contributed by atoms with Crippen LogP contribution in [0.1, 0.15) is 30.9 Å². The summed E-state index contributed by atoms with van der Waals surface area (Å²) in [5.41, 5.74) is 1.16. The second kappa shape index (κ2) is 7.04. The first-order valence-corrected chi connectivity index (χ1v) is 8.03. The summed E-state index contributed by atoms with van der Waals surface area (Å²) in [7, 11) is 0. The number of aromatic nitrogens is 2. The van der Waals surface area contributed by atoms with Crippen molar-refractivity contribution in [2.45, 2.75) is 25.2 Å². The highest BCUT2D eigenvalue weighted by Gasteiger charge is 2.26. The second-order valence-corrected chi connectivity index (χ2v) is 6.07. The molecule has 1 aromatic rings. The Morgan fingerprint density at radius 3 is 3.10 bits per heavy atom. The number of aromatic amines is 1. The molecule has 0 saturated carbocycles. The van der Waals surface area contributed by atoms with Crippen LogP contribution in [0.4, 0.5) is 0 Å². The zero-order chi connectivity index (χ0) is 14.5. The van der Waals surface area contributed by atoms with Gasteiger partial charge in [0.25, 0.3) is 0 Å². The molecule has 2 aliphatic heterocycles. The van der Waals surface area contributed by atoms with Gasteiger partial charge < -0.3 is 10.2 Å². The van der Waals surface area contributed by atoms with Gasteiger partial charge in [0.2, 0.25) is 5.91 Å². The highest BCUT2D eigenvalue weighted by Crippen LogP contribution is 2.25. The molecule has 2 saturated heterocycles. The molecule has 1 amide bonds. The van der Waals surface area contributed by atoms with E-state index in [0.717, 1.165) is 64.2 Å². The van der Waals surface area contributed by atoms with Gasteiger partial charge in [-0.25, -0.2) is 0 Å². The van der Waals surface area contributed by atoms with Crippen LogP contribution >= 0.6 is 0 Å². The molecule has 3 heterocycles. The first-order valence-electron chi connectivity index (χ1n) is 8.03. The van der Waals surface area contributed by atoms with Gasteiger partial charge >= 0.3 is 0 Å². The van der Waals surface area contributed by atoms with E-state index in [-0.39, 0.29) is 5.91 Å². The zero-order valence-corrected chi connectivity index (χ0v) is 12.6. The summed E-state index contributed by atoms with van der Waals surface area (Å²) < 4.78 is 0. The molecule has 1 unspecified atom stereocenters. The maximum atomic E-state index is 12.5. The Morgan fingerprint density at radius 2 is 2.24 bits per heavy atom. The maximum Gasteiger partial charge on any atom is 0.236 e. The normalized spacial score (nSPS) is 24.8. The number of amides is 1. The molecule has 21 heavy (non-hydrogen) atoms. The summed E-state index contributed by atoms with van der Waals surface area (Å²) in [5, 5.41) is 10.5. The Hall–Kier alpha value is -1.40. The minimum Gasteiger partial charge on any atom is -0.341 e. The van der Waals surface area contributed by atoms with Gasteiger partial charge in [0, 0.05) is 44.0 Å². The Bertz CT molecular complexity index is 439. The van der Waals surface area contributed by atoms with Crippen molar-refractivity contribution in [2.75, 3.05) is 45.8 Å². The Balaban J connectivity index is 1.54. The van der Waals surface area contributed by atoms with E-state index in [2.05, 4.69) is 20.4 Å². The minimum atomic E-state index is 0.279. The fraction of sp³-hybridized carbons (Fsp3) is 0.733. The van der Waals surface area contributed by atoms with Gasteiger partial charge in [-0.3, -0.25) is 14.8 Å². The van der Waals surface area contributed by atoms with E-state index >= 15 is 0 Å². The van der Waals surface area contributed by atoms with E-state index in [1.165, 1.54) is 0 Å². The number of likely N-dealkylation sites (tertiary alicyclic amines) is 1. The molecule has 0 bridgehead atoms. The molecule has 6 heteroatoms. The predicted octanol–water partition coefficient (Wildman–Crippen LogP) is 0.411. The summed E-state index contributed by atoms with van der Waals surface area (Å²) in [6.07, 6.45) is 5.14. The number of carbonyl (C=O) groups excluding carboxylic acids is 1. The van der Waals surface area contributed by atoms with Crippen molar-refractivity contribution in [2.24, 2.45) is 0 Å². The number of hydrogen-bond donors (Lipinski definition) is 2. The number of piperidine rings is 1. The Morgan fingerprint density at radius 1 is 1.29 bits per heavy atom. The van der Waals surface area contributed by atoms with Crippen LogP contribution < -0.4 is 5.32 Å². The van der Waals surface area contributed by atoms with Gasteiger partial charge in [-0.2, -0.15) is 5.10 Å². The third-order valence-corrected chi connectivity index (χ3v) is 4.53. The lowest BCUT2D eigenvalue weighted by Crippen LogP contribution is -2.45. The summed E-state index contributed by atoms with van der Waals surface area (Å²) >= 11 is 0. The smallest absolute Gasteiger partial charge is 0.236 e. The SMILES string of the molecule is O=C(CN1CCCNCC1)N1CCCC(c2ccn[nH]2)C1. The van der Waals surface area contributed by atoms with Crippen LogP contribution in [-0.4, -0.2) is 71.7 Å². The lowest BCUT2D eigenvalue weighted by molar-refractivity contribution is -0.133. The van der Waals surface area contributed by atoms with Crippen LogP contribution in [-0.2, 0) is 4.79 Å². The molecule has 2 fully saturated rings. The maximum absolute atomic E-state index is 12.5. The fourth-order valence-corrected chi connectivity index (χ4v) is 3.30. The zero-order valence-electron chi connectivity index (χ0n) is 12.6. The molecule has 2 N–H and O–H groups in total. The topological polar surface area (TPSA) is 64.3 Å². The third kappa shape index (κ3) is 3.83. The van der Waals surface area contributed by atoms with E-state index in [4.69, 9.17) is 0 Å². The van der Waals surface area contributed by atoms with Crippen LogP contribution in [0, 0.1) is 0 Å². The highest BCUT2D eigenvalue weighted by molar-refractivity contribution is 5.78. The quantitative estimate of drug-likeness (QED) is 0.847. The number of hydrogen-bond acceptors (Lipinski definition) is 4. The molecular weight excluding hydrogens is 266 g/mol. The van der Waals surface area contributed by atoms with Crippen LogP contribution in [0.15, 0.2) is 12.3 Å². The molecule has 6 nitrogen and oxygen atoms in total. The summed E-state index contributed by atoms with van der Waals surface area (Å²) in [6, 6.07) is 2.03. The third-order valence-electron chi connectivity index (χ3n) is 4.53. The molecule has 0 aromatic carbocycles. The van der Waals surface area contributed by atoms with Crippen LogP contribution in [0.25, 0.3) is 0 Å². The van der Waals surface area contributed by atoms with Crippen LogP contribution in [0.5, 0.6) is 0 Å². The largest absolute Gasteiger partial charge is 0.341 e. The van der Waals surface area contributed by atoms with Crippen molar-refractivity contribution in [3.63, 3.8) is 0 Å².